The van der Waals surface area contributed by atoms with Crippen LogP contribution in [0.4, 0.5) is 11.4 Å². The Morgan fingerprint density at radius 2 is 2.29 bits per heavy atom. The molecule has 1 rings (SSSR count). The van der Waals surface area contributed by atoms with E-state index in [1.165, 1.54) is 6.92 Å². The van der Waals surface area contributed by atoms with Gasteiger partial charge in [0, 0.05) is 5.56 Å². The predicted octanol–water partition coefficient (Wildman–Crippen LogP) is 0.579. The highest BCUT2D eigenvalue weighted by molar-refractivity contribution is 5.89. The summed E-state index contributed by atoms with van der Waals surface area (Å²) in [6.07, 6.45) is 0.839. The third kappa shape index (κ3) is 1.47. The summed E-state index contributed by atoms with van der Waals surface area (Å²) in [4.78, 5) is 23.7. The van der Waals surface area contributed by atoms with Gasteiger partial charge in [0.2, 0.25) is 0 Å². The molecule has 0 unspecified atom stereocenters. The first-order valence-electron chi connectivity index (χ1n) is 3.58. The molecule has 0 amide bonds. The van der Waals surface area contributed by atoms with Crippen molar-refractivity contribution in [3.8, 4) is 0 Å². The van der Waals surface area contributed by atoms with E-state index in [1.807, 2.05) is 0 Å². The fourth-order valence-electron chi connectivity index (χ4n) is 0.973. The van der Waals surface area contributed by atoms with Crippen LogP contribution in [0.25, 0.3) is 0 Å². The zero-order chi connectivity index (χ0) is 10.9. The molecule has 74 valence electrons. The maximum absolute atomic E-state index is 10.6. The number of nitrogen functional groups attached to an aromatic ring is 1. The Balaban J connectivity index is 3.41. The van der Waals surface area contributed by atoms with Gasteiger partial charge in [0.1, 0.15) is 11.9 Å². The van der Waals surface area contributed by atoms with Gasteiger partial charge in [-0.2, -0.15) is 0 Å². The molecule has 7 heteroatoms. The van der Waals surface area contributed by atoms with Crippen LogP contribution in [0.15, 0.2) is 6.20 Å². The Kier molecular flexibility index (Phi) is 2.32. The van der Waals surface area contributed by atoms with Gasteiger partial charge >= 0.3 is 11.7 Å². The number of carbonyl (C=O) groups is 1. The Labute approximate surface area is 78.3 Å². The highest BCUT2D eigenvalue weighted by atomic mass is 16.6. The number of rotatable bonds is 2. The average Bonchev–Trinajstić information content (AvgIpc) is 2.08. The van der Waals surface area contributed by atoms with Gasteiger partial charge < -0.3 is 10.8 Å². The molecule has 0 radical (unpaired) electrons. The van der Waals surface area contributed by atoms with E-state index in [9.17, 15) is 14.9 Å². The second-order valence-electron chi connectivity index (χ2n) is 2.59. The molecule has 0 saturated heterocycles. The average molecular weight is 197 g/mol. The maximum atomic E-state index is 10.6. The van der Waals surface area contributed by atoms with Crippen molar-refractivity contribution >= 4 is 17.3 Å². The molecule has 0 spiro atoms. The molecule has 0 aliphatic carbocycles. The minimum Gasteiger partial charge on any atom is -0.477 e. The Morgan fingerprint density at radius 1 is 1.71 bits per heavy atom. The van der Waals surface area contributed by atoms with Crippen LogP contribution in [-0.4, -0.2) is 21.0 Å². The van der Waals surface area contributed by atoms with E-state index in [4.69, 9.17) is 10.8 Å². The molecule has 0 aromatic carbocycles. The van der Waals surface area contributed by atoms with E-state index in [2.05, 4.69) is 4.98 Å². The summed E-state index contributed by atoms with van der Waals surface area (Å²) in [7, 11) is 0. The van der Waals surface area contributed by atoms with Crippen LogP contribution >= 0.6 is 0 Å². The summed E-state index contributed by atoms with van der Waals surface area (Å²) in [6, 6.07) is 0. The van der Waals surface area contributed by atoms with Crippen LogP contribution < -0.4 is 5.73 Å². The number of nitrogens with zero attached hydrogens (tertiary/aromatic N) is 2. The van der Waals surface area contributed by atoms with Gasteiger partial charge in [-0.05, 0) is 6.92 Å². The number of carboxylic acid groups (broad SMARTS) is 1. The molecule has 1 heterocycles. The summed E-state index contributed by atoms with van der Waals surface area (Å²) >= 11 is 0. The predicted molar refractivity (Wildman–Crippen MR) is 47.0 cm³/mol. The van der Waals surface area contributed by atoms with Crippen molar-refractivity contribution in [2.45, 2.75) is 6.92 Å². The SMILES string of the molecule is Cc1c(C(=O)O)ncc([N+](=O)[O-])c1N. The van der Waals surface area contributed by atoms with Crippen molar-refractivity contribution < 1.29 is 14.8 Å². The molecule has 0 atom stereocenters. The summed E-state index contributed by atoms with van der Waals surface area (Å²) in [6.45, 7) is 1.37. The normalized spacial score (nSPS) is 9.79. The van der Waals surface area contributed by atoms with E-state index in [-0.39, 0.29) is 22.6 Å². The van der Waals surface area contributed by atoms with E-state index in [0.29, 0.717) is 0 Å². The molecule has 0 aliphatic rings. The topological polar surface area (TPSA) is 119 Å². The number of nitro groups is 1. The third-order valence-corrected chi connectivity index (χ3v) is 1.75. The maximum Gasteiger partial charge on any atom is 0.354 e. The van der Waals surface area contributed by atoms with Gasteiger partial charge in [0.15, 0.2) is 5.69 Å². The van der Waals surface area contributed by atoms with Crippen LogP contribution in [0.5, 0.6) is 0 Å². The van der Waals surface area contributed by atoms with Gasteiger partial charge in [-0.25, -0.2) is 9.78 Å². The quantitative estimate of drug-likeness (QED) is 0.528. The first kappa shape index (κ1) is 9.90. The fraction of sp³-hybridized carbons (Fsp3) is 0.143. The first-order valence-corrected chi connectivity index (χ1v) is 3.58. The summed E-state index contributed by atoms with van der Waals surface area (Å²) in [5, 5.41) is 19.0. The highest BCUT2D eigenvalue weighted by Gasteiger charge is 2.19. The van der Waals surface area contributed by atoms with Crippen LogP contribution in [0.3, 0.4) is 0 Å². The molecular weight excluding hydrogens is 190 g/mol. The van der Waals surface area contributed by atoms with Gasteiger partial charge in [-0.15, -0.1) is 0 Å². The van der Waals surface area contributed by atoms with Crippen molar-refractivity contribution in [2.24, 2.45) is 0 Å². The lowest BCUT2D eigenvalue weighted by Crippen LogP contribution is -2.08. The van der Waals surface area contributed by atoms with E-state index >= 15 is 0 Å². The number of aromatic nitrogens is 1. The molecule has 1 aromatic rings. The first-order chi connectivity index (χ1) is 6.45. The second-order valence-corrected chi connectivity index (χ2v) is 2.59. The summed E-state index contributed by atoms with van der Waals surface area (Å²) in [5.74, 6) is -1.26. The van der Waals surface area contributed by atoms with Crippen LogP contribution in [0, 0.1) is 17.0 Å². The molecule has 0 bridgehead atoms. The lowest BCUT2D eigenvalue weighted by Gasteiger charge is -2.03. The molecule has 3 N–H and O–H groups in total. The number of anilines is 1. The number of hydrogen-bond acceptors (Lipinski definition) is 5. The molecule has 1 aromatic heterocycles. The lowest BCUT2D eigenvalue weighted by atomic mass is 10.1. The number of aromatic carboxylic acids is 1. The molecule has 0 saturated carbocycles. The van der Waals surface area contributed by atoms with Gasteiger partial charge in [-0.3, -0.25) is 10.1 Å². The number of hydrogen-bond donors (Lipinski definition) is 2. The highest BCUT2D eigenvalue weighted by Crippen LogP contribution is 2.25. The molecule has 14 heavy (non-hydrogen) atoms. The van der Waals surface area contributed by atoms with Gasteiger partial charge in [0.25, 0.3) is 0 Å². The van der Waals surface area contributed by atoms with E-state index in [0.717, 1.165) is 6.20 Å². The zero-order valence-electron chi connectivity index (χ0n) is 7.22. The lowest BCUT2D eigenvalue weighted by molar-refractivity contribution is -0.384. The third-order valence-electron chi connectivity index (χ3n) is 1.75. The Hall–Kier alpha value is -2.18. The Bertz CT molecular complexity index is 377. The van der Waals surface area contributed by atoms with Crippen molar-refractivity contribution in [3.05, 3.63) is 27.6 Å². The van der Waals surface area contributed by atoms with E-state index in [1.54, 1.807) is 0 Å². The number of pyridine rings is 1. The minimum atomic E-state index is -1.26. The van der Waals surface area contributed by atoms with Crippen LogP contribution in [0.1, 0.15) is 16.1 Å². The Morgan fingerprint density at radius 3 is 2.71 bits per heavy atom. The zero-order valence-corrected chi connectivity index (χ0v) is 7.22. The van der Waals surface area contributed by atoms with E-state index < -0.39 is 10.9 Å². The van der Waals surface area contributed by atoms with Gasteiger partial charge in [0.05, 0.1) is 4.92 Å². The number of carboxylic acids is 1. The minimum absolute atomic E-state index is 0.103. The van der Waals surface area contributed by atoms with Crippen LogP contribution in [-0.2, 0) is 0 Å². The smallest absolute Gasteiger partial charge is 0.354 e. The molecular formula is C7H7N3O4. The second kappa shape index (κ2) is 3.29. The van der Waals surface area contributed by atoms with Crippen LogP contribution in [0.2, 0.25) is 0 Å². The monoisotopic (exact) mass is 197 g/mol. The standard InChI is InChI=1S/C7H7N3O4/c1-3-5(8)4(10(13)14)2-9-6(3)7(11)12/h2H,1H3,(H2,8,9)(H,11,12). The summed E-state index contributed by atoms with van der Waals surface area (Å²) < 4.78 is 0. The van der Waals surface area contributed by atoms with Crippen molar-refractivity contribution in [1.29, 1.82) is 0 Å². The van der Waals surface area contributed by atoms with Crippen molar-refractivity contribution in [1.82, 2.24) is 4.98 Å². The molecule has 0 aliphatic heterocycles. The fourth-order valence-corrected chi connectivity index (χ4v) is 0.973. The van der Waals surface area contributed by atoms with Gasteiger partial charge in [-0.1, -0.05) is 0 Å². The van der Waals surface area contributed by atoms with Crippen molar-refractivity contribution in [2.75, 3.05) is 5.73 Å². The largest absolute Gasteiger partial charge is 0.477 e. The number of nitrogens with two attached hydrogens (primary N) is 1. The van der Waals surface area contributed by atoms with Crippen molar-refractivity contribution in [3.63, 3.8) is 0 Å². The summed E-state index contributed by atoms with van der Waals surface area (Å²) in [5.41, 5.74) is 4.66. The molecule has 0 fully saturated rings. The molecule has 7 nitrogen and oxygen atoms in total.